The van der Waals surface area contributed by atoms with Gasteiger partial charge < -0.3 is 9.32 Å². The molecule has 0 atom stereocenters. The molecule has 0 aliphatic heterocycles. The van der Waals surface area contributed by atoms with Gasteiger partial charge in [0.25, 0.3) is 0 Å². The summed E-state index contributed by atoms with van der Waals surface area (Å²) in [7, 11) is 0. The maximum absolute atomic E-state index is 6.48. The molecule has 0 bridgehead atoms. The molecular formula is C49H30N2OS2. The molecule has 0 saturated heterocycles. The van der Waals surface area contributed by atoms with Crippen LogP contribution in [0.25, 0.3) is 85.2 Å². The smallest absolute Gasteiger partial charge is 0.137 e. The average Bonchev–Trinajstić information content (AvgIpc) is 3.95. The van der Waals surface area contributed by atoms with Gasteiger partial charge >= 0.3 is 0 Å². The zero-order valence-electron chi connectivity index (χ0n) is 28.9. The minimum absolute atomic E-state index is 0.859. The van der Waals surface area contributed by atoms with Crippen molar-refractivity contribution < 1.29 is 4.42 Å². The molecule has 0 unspecified atom stereocenters. The second kappa shape index (κ2) is 12.6. The first-order chi connectivity index (χ1) is 26.7. The number of benzene rings is 8. The first-order valence-electron chi connectivity index (χ1n) is 18.0. The Labute approximate surface area is 319 Å². The number of nitrogens with zero attached hydrogens (tertiary/aromatic N) is 2. The van der Waals surface area contributed by atoms with Crippen LogP contribution >= 0.6 is 22.7 Å². The van der Waals surface area contributed by atoms with Crippen molar-refractivity contribution in [2.75, 3.05) is 4.90 Å². The molecule has 0 aliphatic carbocycles. The highest BCUT2D eigenvalue weighted by Crippen LogP contribution is 2.45. The molecule has 3 heterocycles. The number of furan rings is 1. The van der Waals surface area contributed by atoms with E-state index >= 15 is 0 Å². The molecule has 11 aromatic rings. The van der Waals surface area contributed by atoms with E-state index < -0.39 is 0 Å². The maximum atomic E-state index is 6.48. The Morgan fingerprint density at radius 1 is 0.426 bits per heavy atom. The second-order valence-corrected chi connectivity index (χ2v) is 15.6. The molecule has 54 heavy (non-hydrogen) atoms. The van der Waals surface area contributed by atoms with Crippen LogP contribution in [0.3, 0.4) is 0 Å². The lowest BCUT2D eigenvalue weighted by molar-refractivity contribution is 0.669. The number of thiophene rings is 1. The fraction of sp³-hybridized carbons (Fsp3) is 0. The predicted octanol–water partition coefficient (Wildman–Crippen LogP) is 15.0. The van der Waals surface area contributed by atoms with Crippen LogP contribution in [-0.2, 0) is 0 Å². The Morgan fingerprint density at radius 3 is 1.96 bits per heavy atom. The lowest BCUT2D eigenvalue weighted by Gasteiger charge is -2.28. The van der Waals surface area contributed by atoms with Gasteiger partial charge in [-0.2, -0.15) is 0 Å². The van der Waals surface area contributed by atoms with Crippen LogP contribution in [0.2, 0.25) is 0 Å². The zero-order chi connectivity index (χ0) is 35.6. The number of anilines is 3. The number of hydrogen-bond donors (Lipinski definition) is 0. The summed E-state index contributed by atoms with van der Waals surface area (Å²) in [5.74, 6) is 0. The largest absolute Gasteiger partial charge is 0.456 e. The molecule has 0 N–H and O–H groups in total. The highest BCUT2D eigenvalue weighted by molar-refractivity contribution is 7.25. The average molecular weight is 727 g/mol. The number of aromatic nitrogens is 1. The molecular weight excluding hydrogens is 697 g/mol. The van der Waals surface area contributed by atoms with E-state index in [1.165, 1.54) is 31.3 Å². The van der Waals surface area contributed by atoms with Gasteiger partial charge in [-0.25, -0.2) is 4.98 Å². The SMILES string of the molecule is c1ccc(-c2nc3c(ccc4oc5cc(-c6ccc(N(c7ccc8c(c7)sc7ccccc78)c7ccccc7-c7ccccc7)cc6)ccc5c43)s2)cc1. The second-order valence-electron chi connectivity index (χ2n) is 13.5. The summed E-state index contributed by atoms with van der Waals surface area (Å²) in [6.45, 7) is 0. The van der Waals surface area contributed by atoms with E-state index in [-0.39, 0.29) is 0 Å². The zero-order valence-corrected chi connectivity index (χ0v) is 30.6. The Morgan fingerprint density at radius 2 is 1.11 bits per heavy atom. The number of para-hydroxylation sites is 1. The van der Waals surface area contributed by atoms with Crippen molar-refractivity contribution in [3.05, 3.63) is 182 Å². The summed E-state index contributed by atoms with van der Waals surface area (Å²) >= 11 is 3.57. The Bertz CT molecular complexity index is 3160. The van der Waals surface area contributed by atoms with Gasteiger partial charge in [0.15, 0.2) is 0 Å². The third kappa shape index (κ3) is 5.12. The lowest BCUT2D eigenvalue weighted by Crippen LogP contribution is -2.11. The van der Waals surface area contributed by atoms with E-state index in [9.17, 15) is 0 Å². The summed E-state index contributed by atoms with van der Waals surface area (Å²) in [4.78, 5) is 7.49. The van der Waals surface area contributed by atoms with Gasteiger partial charge in [0.05, 0.1) is 21.3 Å². The lowest BCUT2D eigenvalue weighted by atomic mass is 10.0. The van der Waals surface area contributed by atoms with E-state index in [4.69, 9.17) is 9.40 Å². The van der Waals surface area contributed by atoms with Gasteiger partial charge in [-0.15, -0.1) is 22.7 Å². The van der Waals surface area contributed by atoms with Crippen LogP contribution < -0.4 is 4.90 Å². The Balaban J connectivity index is 1.01. The molecule has 0 amide bonds. The van der Waals surface area contributed by atoms with Gasteiger partial charge in [0, 0.05) is 48.1 Å². The van der Waals surface area contributed by atoms with Crippen molar-refractivity contribution in [1.29, 1.82) is 0 Å². The molecule has 5 heteroatoms. The molecule has 0 radical (unpaired) electrons. The minimum Gasteiger partial charge on any atom is -0.456 e. The van der Waals surface area contributed by atoms with Crippen molar-refractivity contribution in [1.82, 2.24) is 4.98 Å². The predicted molar refractivity (Wildman–Crippen MR) is 231 cm³/mol. The van der Waals surface area contributed by atoms with Crippen LogP contribution in [0, 0.1) is 0 Å². The number of rotatable bonds is 6. The topological polar surface area (TPSA) is 29.3 Å². The summed E-state index contributed by atoms with van der Waals surface area (Å²) < 4.78 is 10.2. The third-order valence-electron chi connectivity index (χ3n) is 10.3. The molecule has 0 aliphatic rings. The molecule has 3 nitrogen and oxygen atoms in total. The molecule has 11 rings (SSSR count). The Kier molecular flexibility index (Phi) is 7.22. The van der Waals surface area contributed by atoms with Crippen molar-refractivity contribution >= 4 is 92.1 Å². The first kappa shape index (κ1) is 31.0. The monoisotopic (exact) mass is 726 g/mol. The van der Waals surface area contributed by atoms with E-state index in [1.807, 2.05) is 17.4 Å². The van der Waals surface area contributed by atoms with E-state index in [0.29, 0.717) is 0 Å². The number of hydrogen-bond acceptors (Lipinski definition) is 5. The standard InChI is InChI=1S/C49H30N2OS2/c1-3-11-32(12-4-1)37-15-7-9-17-41(37)51(36-24-26-39-38-16-8-10-18-44(38)53-46(39)30-36)35-22-19-31(20-23-35)34-21-25-40-43(29-34)52-42-27-28-45-48(47(40)42)50-49(54-45)33-13-5-2-6-14-33/h1-30H. The molecule has 0 spiro atoms. The van der Waals surface area contributed by atoms with E-state index in [1.54, 1.807) is 11.3 Å². The van der Waals surface area contributed by atoms with Crippen molar-refractivity contribution in [2.24, 2.45) is 0 Å². The quantitative estimate of drug-likeness (QED) is 0.171. The third-order valence-corrected chi connectivity index (χ3v) is 12.5. The highest BCUT2D eigenvalue weighted by atomic mass is 32.1. The maximum Gasteiger partial charge on any atom is 0.137 e. The van der Waals surface area contributed by atoms with Gasteiger partial charge in [0.1, 0.15) is 16.2 Å². The van der Waals surface area contributed by atoms with Crippen molar-refractivity contribution in [2.45, 2.75) is 0 Å². The van der Waals surface area contributed by atoms with E-state index in [2.05, 4.69) is 181 Å². The molecule has 0 saturated carbocycles. The molecule has 8 aromatic carbocycles. The van der Waals surface area contributed by atoms with Gasteiger partial charge in [-0.1, -0.05) is 121 Å². The minimum atomic E-state index is 0.859. The number of thiazole rings is 1. The summed E-state index contributed by atoms with van der Waals surface area (Å²) in [5, 5.41) is 5.78. The van der Waals surface area contributed by atoms with Gasteiger partial charge in [0.2, 0.25) is 0 Å². The molecule has 0 fully saturated rings. The Hall–Kier alpha value is -6.53. The van der Waals surface area contributed by atoms with Gasteiger partial charge in [-0.3, -0.25) is 0 Å². The summed E-state index contributed by atoms with van der Waals surface area (Å²) in [5.41, 5.74) is 11.8. The molecule has 254 valence electrons. The van der Waals surface area contributed by atoms with Gasteiger partial charge in [-0.05, 0) is 77.4 Å². The van der Waals surface area contributed by atoms with Crippen molar-refractivity contribution in [3.8, 4) is 32.8 Å². The fourth-order valence-electron chi connectivity index (χ4n) is 7.75. The van der Waals surface area contributed by atoms with Crippen molar-refractivity contribution in [3.63, 3.8) is 0 Å². The first-order valence-corrected chi connectivity index (χ1v) is 19.7. The normalized spacial score (nSPS) is 11.7. The van der Waals surface area contributed by atoms with Crippen LogP contribution in [0.1, 0.15) is 0 Å². The highest BCUT2D eigenvalue weighted by Gasteiger charge is 2.20. The van der Waals surface area contributed by atoms with Crippen LogP contribution in [-0.4, -0.2) is 4.98 Å². The van der Waals surface area contributed by atoms with Crippen LogP contribution in [0.15, 0.2) is 186 Å². The summed E-state index contributed by atoms with van der Waals surface area (Å²) in [6.07, 6.45) is 0. The fourth-order valence-corrected chi connectivity index (χ4v) is 9.87. The van der Waals surface area contributed by atoms with Crippen LogP contribution in [0.5, 0.6) is 0 Å². The summed E-state index contributed by atoms with van der Waals surface area (Å²) in [6, 6.07) is 65.0. The molecule has 3 aromatic heterocycles. The van der Waals surface area contributed by atoms with Crippen LogP contribution in [0.4, 0.5) is 17.1 Å². The number of fused-ring (bicyclic) bond motifs is 8. The van der Waals surface area contributed by atoms with E-state index in [0.717, 1.165) is 70.9 Å².